The fourth-order valence-corrected chi connectivity index (χ4v) is 9.73. The quantitative estimate of drug-likeness (QED) is 0.146. The van der Waals surface area contributed by atoms with Gasteiger partial charge in [-0.25, -0.2) is 0 Å². The van der Waals surface area contributed by atoms with E-state index >= 15 is 0 Å². The van der Waals surface area contributed by atoms with Crippen molar-refractivity contribution < 1.29 is 0 Å². The predicted octanol–water partition coefficient (Wildman–Crippen LogP) is 16.7. The van der Waals surface area contributed by atoms with Gasteiger partial charge in [0.05, 0.1) is 11.0 Å². The van der Waals surface area contributed by atoms with Crippen molar-refractivity contribution in [2.45, 2.75) is 0 Å². The van der Waals surface area contributed by atoms with Gasteiger partial charge in [0.2, 0.25) is 0 Å². The predicted molar refractivity (Wildman–Crippen MR) is 264 cm³/mol. The zero-order valence-electron chi connectivity index (χ0n) is 34.0. The molecule has 0 atom stereocenters. The first kappa shape index (κ1) is 35.7. The first-order chi connectivity index (χ1) is 30.8. The molecule has 0 N–H and O–H groups in total. The molecule has 0 radical (unpaired) electrons. The molecule has 0 saturated carbocycles. The Labute approximate surface area is 360 Å². The number of benzene rings is 11. The van der Waals surface area contributed by atoms with Crippen LogP contribution >= 0.6 is 0 Å². The summed E-state index contributed by atoms with van der Waals surface area (Å²) in [6.07, 6.45) is 0. The van der Waals surface area contributed by atoms with Gasteiger partial charge in [-0.15, -0.1) is 0 Å². The van der Waals surface area contributed by atoms with Gasteiger partial charge < -0.3 is 9.47 Å². The summed E-state index contributed by atoms with van der Waals surface area (Å²) in [6, 6.07) is 88.4. The Hall–Kier alpha value is -8.20. The van der Waals surface area contributed by atoms with Gasteiger partial charge in [-0.1, -0.05) is 176 Å². The van der Waals surface area contributed by atoms with Crippen LogP contribution in [-0.4, -0.2) is 4.57 Å². The Morgan fingerprint density at radius 2 is 0.823 bits per heavy atom. The highest BCUT2D eigenvalue weighted by atomic mass is 15.1. The van der Waals surface area contributed by atoms with E-state index in [1.807, 2.05) is 0 Å². The molecule has 0 spiro atoms. The molecule has 0 fully saturated rings. The lowest BCUT2D eigenvalue weighted by Crippen LogP contribution is -2.10. The first-order valence-electron chi connectivity index (χ1n) is 21.3. The summed E-state index contributed by atoms with van der Waals surface area (Å²) in [5.74, 6) is 0. The molecular weight excluding hydrogens is 749 g/mol. The van der Waals surface area contributed by atoms with E-state index in [-0.39, 0.29) is 0 Å². The molecule has 2 nitrogen and oxygen atoms in total. The highest BCUT2D eigenvalue weighted by molar-refractivity contribution is 6.16. The third-order valence-electron chi connectivity index (χ3n) is 12.6. The van der Waals surface area contributed by atoms with E-state index in [0.717, 1.165) is 22.7 Å². The Morgan fingerprint density at radius 3 is 1.60 bits per heavy atom. The molecule has 2 heteroatoms. The van der Waals surface area contributed by atoms with Gasteiger partial charge in [-0.05, 0) is 132 Å². The van der Waals surface area contributed by atoms with Crippen molar-refractivity contribution in [3.63, 3.8) is 0 Å². The lowest BCUT2D eigenvalue weighted by molar-refractivity contribution is 1.18. The topological polar surface area (TPSA) is 8.17 Å². The standard InChI is InChI=1S/C60H40N2/c1-2-19-46(20-3-1)62-58-29-11-10-26-56(58)60-53(28-14-30-59(60)62)44-18-12-21-49(39-44)61(47-35-31-42(32-36-47)51-27-13-17-41-15-4-6-22-50(41)51)48-37-33-43(34-38-48)57-40-45-16-5-7-23-52(45)54-24-8-9-25-55(54)57/h1-40H. The number of hydrogen-bond donors (Lipinski definition) is 0. The van der Waals surface area contributed by atoms with Crippen molar-refractivity contribution in [3.8, 4) is 39.1 Å². The molecule has 0 saturated heterocycles. The van der Waals surface area contributed by atoms with E-state index < -0.39 is 0 Å². The van der Waals surface area contributed by atoms with E-state index in [1.165, 1.54) is 87.5 Å². The fraction of sp³-hybridized carbons (Fsp3) is 0. The van der Waals surface area contributed by atoms with Crippen LogP contribution in [0, 0.1) is 0 Å². The zero-order valence-corrected chi connectivity index (χ0v) is 34.0. The second-order valence-corrected chi connectivity index (χ2v) is 16.1. The summed E-state index contributed by atoms with van der Waals surface area (Å²) >= 11 is 0. The average Bonchev–Trinajstić information content (AvgIpc) is 3.69. The van der Waals surface area contributed by atoms with E-state index in [1.54, 1.807) is 0 Å². The van der Waals surface area contributed by atoms with Crippen molar-refractivity contribution in [2.24, 2.45) is 0 Å². The second-order valence-electron chi connectivity index (χ2n) is 16.1. The molecule has 12 aromatic rings. The van der Waals surface area contributed by atoms with E-state index in [0.29, 0.717) is 0 Å². The molecule has 12 rings (SSSR count). The minimum atomic E-state index is 1.09. The third kappa shape index (κ3) is 5.96. The molecule has 0 bridgehead atoms. The average molecular weight is 789 g/mol. The van der Waals surface area contributed by atoms with Crippen molar-refractivity contribution in [1.29, 1.82) is 0 Å². The molecule has 62 heavy (non-hydrogen) atoms. The van der Waals surface area contributed by atoms with Crippen molar-refractivity contribution >= 4 is 71.2 Å². The zero-order chi connectivity index (χ0) is 41.0. The van der Waals surface area contributed by atoms with Crippen molar-refractivity contribution in [2.75, 3.05) is 4.90 Å². The van der Waals surface area contributed by atoms with Gasteiger partial charge in [0.25, 0.3) is 0 Å². The monoisotopic (exact) mass is 788 g/mol. The molecule has 0 aliphatic heterocycles. The van der Waals surface area contributed by atoms with Crippen LogP contribution in [-0.2, 0) is 0 Å². The molecule has 0 amide bonds. The molecule has 11 aromatic carbocycles. The number of para-hydroxylation sites is 2. The van der Waals surface area contributed by atoms with Crippen LogP contribution < -0.4 is 4.90 Å². The normalized spacial score (nSPS) is 11.5. The summed E-state index contributed by atoms with van der Waals surface area (Å²) < 4.78 is 2.39. The van der Waals surface area contributed by atoms with E-state index in [4.69, 9.17) is 0 Å². The lowest BCUT2D eigenvalue weighted by Gasteiger charge is -2.26. The summed E-state index contributed by atoms with van der Waals surface area (Å²) in [6.45, 7) is 0. The molecule has 1 heterocycles. The third-order valence-corrected chi connectivity index (χ3v) is 12.6. The van der Waals surface area contributed by atoms with E-state index in [9.17, 15) is 0 Å². The Balaban J connectivity index is 1.01. The number of aromatic nitrogens is 1. The maximum Gasteiger partial charge on any atom is 0.0547 e. The largest absolute Gasteiger partial charge is 0.310 e. The maximum atomic E-state index is 2.39. The SMILES string of the molecule is c1ccc(-n2c3ccccc3c3c(-c4cccc(N(c5ccc(-c6cccc7ccccc67)cc5)c5ccc(-c6cc7ccccc7c7ccccc67)cc5)c4)cccc32)cc1. The second kappa shape index (κ2) is 14.8. The van der Waals surface area contributed by atoms with Crippen LogP contribution in [0.2, 0.25) is 0 Å². The molecular formula is C60H40N2. The smallest absolute Gasteiger partial charge is 0.0547 e. The van der Waals surface area contributed by atoms with Gasteiger partial charge >= 0.3 is 0 Å². The number of rotatable bonds is 7. The summed E-state index contributed by atoms with van der Waals surface area (Å²) in [5.41, 5.74) is 14.1. The van der Waals surface area contributed by atoms with Crippen molar-refractivity contribution in [3.05, 3.63) is 243 Å². The highest BCUT2D eigenvalue weighted by Gasteiger charge is 2.19. The fourth-order valence-electron chi connectivity index (χ4n) is 9.73. The van der Waals surface area contributed by atoms with Gasteiger partial charge in [-0.2, -0.15) is 0 Å². The summed E-state index contributed by atoms with van der Waals surface area (Å²) in [7, 11) is 0. The number of anilines is 3. The van der Waals surface area contributed by atoms with Crippen LogP contribution in [0.4, 0.5) is 17.1 Å². The van der Waals surface area contributed by atoms with Gasteiger partial charge in [0.1, 0.15) is 0 Å². The van der Waals surface area contributed by atoms with Gasteiger partial charge in [0.15, 0.2) is 0 Å². The van der Waals surface area contributed by atoms with Crippen LogP contribution in [0.1, 0.15) is 0 Å². The Bertz CT molecular complexity index is 3610. The lowest BCUT2D eigenvalue weighted by atomic mass is 9.93. The van der Waals surface area contributed by atoms with Crippen molar-refractivity contribution in [1.82, 2.24) is 4.57 Å². The number of fused-ring (bicyclic) bond motifs is 7. The molecule has 0 aliphatic carbocycles. The Kier molecular flexibility index (Phi) is 8.53. The molecule has 1 aromatic heterocycles. The van der Waals surface area contributed by atoms with E-state index in [2.05, 4.69) is 252 Å². The van der Waals surface area contributed by atoms with Crippen LogP contribution in [0.25, 0.3) is 93.2 Å². The highest BCUT2D eigenvalue weighted by Crippen LogP contribution is 2.43. The number of hydrogen-bond acceptors (Lipinski definition) is 1. The van der Waals surface area contributed by atoms with Gasteiger partial charge in [-0.3, -0.25) is 0 Å². The molecule has 290 valence electrons. The summed E-state index contributed by atoms with van der Waals surface area (Å²) in [4.78, 5) is 2.39. The number of nitrogens with zero attached hydrogens (tertiary/aromatic N) is 2. The minimum Gasteiger partial charge on any atom is -0.310 e. The van der Waals surface area contributed by atoms with Crippen LogP contribution in [0.5, 0.6) is 0 Å². The minimum absolute atomic E-state index is 1.09. The first-order valence-corrected chi connectivity index (χ1v) is 21.3. The van der Waals surface area contributed by atoms with Gasteiger partial charge in [0, 0.05) is 33.5 Å². The summed E-state index contributed by atoms with van der Waals surface area (Å²) in [5, 5.41) is 10.1. The Morgan fingerprint density at radius 1 is 0.274 bits per heavy atom. The van der Waals surface area contributed by atoms with Crippen LogP contribution in [0.3, 0.4) is 0 Å². The van der Waals surface area contributed by atoms with Crippen LogP contribution in [0.15, 0.2) is 243 Å². The molecule has 0 aliphatic rings. The maximum absolute atomic E-state index is 2.39. The molecule has 0 unspecified atom stereocenters.